The van der Waals surface area contributed by atoms with Gasteiger partial charge in [0.25, 0.3) is 0 Å². The summed E-state index contributed by atoms with van der Waals surface area (Å²) in [6, 6.07) is 6.70. The molecule has 0 bridgehead atoms. The van der Waals surface area contributed by atoms with E-state index in [-0.39, 0.29) is 18.5 Å². The maximum absolute atomic E-state index is 13.3. The van der Waals surface area contributed by atoms with Gasteiger partial charge < -0.3 is 10.0 Å². The van der Waals surface area contributed by atoms with Crippen LogP contribution >= 0.6 is 0 Å². The zero-order valence-electron chi connectivity index (χ0n) is 12.6. The highest BCUT2D eigenvalue weighted by molar-refractivity contribution is 5.80. The van der Waals surface area contributed by atoms with Crippen molar-refractivity contribution in [3.8, 4) is 0 Å². The van der Waals surface area contributed by atoms with E-state index in [4.69, 9.17) is 5.11 Å². The number of aliphatic carboxylic acids is 1. The van der Waals surface area contributed by atoms with Crippen molar-refractivity contribution in [2.24, 2.45) is 5.92 Å². The number of hydrogen-bond donors (Lipinski definition) is 1. The van der Waals surface area contributed by atoms with Crippen LogP contribution < -0.4 is 0 Å². The average Bonchev–Trinajstić information content (AvgIpc) is 2.86. The summed E-state index contributed by atoms with van der Waals surface area (Å²) in [7, 11) is 0. The van der Waals surface area contributed by atoms with Gasteiger partial charge in [-0.2, -0.15) is 13.2 Å². The standard InChI is InChI=1S/C16H18F3NO3/c1-10-12(15(22)23)7-8-20(10)14(21)9-13(16(17,18)19)11-5-3-2-4-6-11/h2-6,10,12-13H,7-9H2,1H3,(H,22,23). The summed E-state index contributed by atoms with van der Waals surface area (Å²) >= 11 is 0. The van der Waals surface area contributed by atoms with Crippen molar-refractivity contribution in [1.82, 2.24) is 4.90 Å². The predicted molar refractivity (Wildman–Crippen MR) is 76.8 cm³/mol. The highest BCUT2D eigenvalue weighted by Crippen LogP contribution is 2.38. The number of carbonyl (C=O) groups is 2. The van der Waals surface area contributed by atoms with Crippen molar-refractivity contribution in [2.45, 2.75) is 37.9 Å². The van der Waals surface area contributed by atoms with E-state index >= 15 is 0 Å². The van der Waals surface area contributed by atoms with Crippen LogP contribution in [-0.4, -0.2) is 40.6 Å². The summed E-state index contributed by atoms with van der Waals surface area (Å²) in [6.45, 7) is 1.74. The first-order chi connectivity index (χ1) is 10.7. The van der Waals surface area contributed by atoms with E-state index in [1.54, 1.807) is 13.0 Å². The number of benzene rings is 1. The number of nitrogens with zero attached hydrogens (tertiary/aromatic N) is 1. The minimum absolute atomic E-state index is 0.0370. The molecule has 0 radical (unpaired) electrons. The zero-order valence-corrected chi connectivity index (χ0v) is 12.6. The van der Waals surface area contributed by atoms with Gasteiger partial charge in [-0.1, -0.05) is 30.3 Å². The molecule has 1 saturated heterocycles. The smallest absolute Gasteiger partial charge is 0.396 e. The van der Waals surface area contributed by atoms with E-state index in [9.17, 15) is 22.8 Å². The van der Waals surface area contributed by atoms with Gasteiger partial charge in [-0.15, -0.1) is 0 Å². The number of alkyl halides is 3. The second-order valence-electron chi connectivity index (χ2n) is 5.77. The molecule has 0 aliphatic carbocycles. The molecule has 126 valence electrons. The van der Waals surface area contributed by atoms with E-state index in [1.165, 1.54) is 29.2 Å². The first kappa shape index (κ1) is 17.3. The number of carboxylic acids is 1. The van der Waals surface area contributed by atoms with Gasteiger partial charge in [0.15, 0.2) is 0 Å². The van der Waals surface area contributed by atoms with Crippen molar-refractivity contribution in [3.63, 3.8) is 0 Å². The lowest BCUT2D eigenvalue weighted by molar-refractivity contribution is -0.161. The Morgan fingerprint density at radius 2 is 1.91 bits per heavy atom. The summed E-state index contributed by atoms with van der Waals surface area (Å²) in [6.07, 6.45) is -4.97. The number of hydrogen-bond acceptors (Lipinski definition) is 2. The lowest BCUT2D eigenvalue weighted by Crippen LogP contribution is -2.39. The van der Waals surface area contributed by atoms with Gasteiger partial charge in [-0.05, 0) is 18.9 Å². The number of halogens is 3. The molecule has 1 aliphatic heterocycles. The molecule has 1 aromatic carbocycles. The molecule has 1 N–H and O–H groups in total. The molecule has 3 unspecified atom stereocenters. The third-order valence-electron chi connectivity index (χ3n) is 4.37. The fraction of sp³-hybridized carbons (Fsp3) is 0.500. The Kier molecular flexibility index (Phi) is 4.97. The molecule has 7 heteroatoms. The van der Waals surface area contributed by atoms with E-state index in [2.05, 4.69) is 0 Å². The van der Waals surface area contributed by atoms with Gasteiger partial charge in [-0.3, -0.25) is 9.59 Å². The molecule has 4 nitrogen and oxygen atoms in total. The lowest BCUT2D eigenvalue weighted by atomic mass is 9.94. The Morgan fingerprint density at radius 3 is 2.39 bits per heavy atom. The maximum Gasteiger partial charge on any atom is 0.396 e. The van der Waals surface area contributed by atoms with Gasteiger partial charge in [0.2, 0.25) is 5.91 Å². The van der Waals surface area contributed by atoms with Crippen LogP contribution in [0.5, 0.6) is 0 Å². The Hall–Kier alpha value is -2.05. The van der Waals surface area contributed by atoms with Crippen LogP contribution in [0.2, 0.25) is 0 Å². The van der Waals surface area contributed by atoms with Crippen LogP contribution in [-0.2, 0) is 9.59 Å². The van der Waals surface area contributed by atoms with Gasteiger partial charge in [0, 0.05) is 19.0 Å². The summed E-state index contributed by atoms with van der Waals surface area (Å²) in [5, 5.41) is 9.05. The first-order valence-electron chi connectivity index (χ1n) is 7.35. The summed E-state index contributed by atoms with van der Waals surface area (Å²) < 4.78 is 39.9. The van der Waals surface area contributed by atoms with Crippen molar-refractivity contribution >= 4 is 11.9 Å². The second kappa shape index (κ2) is 6.60. The first-order valence-corrected chi connectivity index (χ1v) is 7.35. The Morgan fingerprint density at radius 1 is 1.30 bits per heavy atom. The quantitative estimate of drug-likeness (QED) is 0.924. The van der Waals surface area contributed by atoms with Crippen LogP contribution in [0.15, 0.2) is 30.3 Å². The summed E-state index contributed by atoms with van der Waals surface area (Å²) in [5.41, 5.74) is 0.0370. The molecule has 1 fully saturated rings. The number of carbonyl (C=O) groups excluding carboxylic acids is 1. The van der Waals surface area contributed by atoms with Gasteiger partial charge >= 0.3 is 12.1 Å². The van der Waals surface area contributed by atoms with E-state index < -0.39 is 42.4 Å². The Bertz CT molecular complexity index is 574. The SMILES string of the molecule is CC1C(C(=O)O)CCN1C(=O)CC(c1ccccc1)C(F)(F)F. The van der Waals surface area contributed by atoms with Gasteiger partial charge in [0.05, 0.1) is 11.8 Å². The molecule has 2 rings (SSSR count). The van der Waals surface area contributed by atoms with Crippen molar-refractivity contribution in [3.05, 3.63) is 35.9 Å². The van der Waals surface area contributed by atoms with Crippen molar-refractivity contribution in [1.29, 1.82) is 0 Å². The third-order valence-corrected chi connectivity index (χ3v) is 4.37. The Labute approximate surface area is 131 Å². The lowest BCUT2D eigenvalue weighted by Gasteiger charge is -2.27. The number of amides is 1. The molecule has 1 aliphatic rings. The van der Waals surface area contributed by atoms with Crippen molar-refractivity contribution < 1.29 is 27.9 Å². The van der Waals surface area contributed by atoms with Crippen LogP contribution in [0, 0.1) is 5.92 Å². The number of rotatable bonds is 4. The molecule has 0 spiro atoms. The number of carboxylic acid groups (broad SMARTS) is 1. The molecule has 23 heavy (non-hydrogen) atoms. The number of likely N-dealkylation sites (tertiary alicyclic amines) is 1. The predicted octanol–water partition coefficient (Wildman–Crippen LogP) is 3.04. The largest absolute Gasteiger partial charge is 0.481 e. The highest BCUT2D eigenvalue weighted by Gasteiger charge is 2.45. The van der Waals surface area contributed by atoms with Gasteiger partial charge in [0.1, 0.15) is 0 Å². The third kappa shape index (κ3) is 3.83. The minimum atomic E-state index is -4.54. The molecule has 3 atom stereocenters. The van der Waals surface area contributed by atoms with E-state index in [1.807, 2.05) is 0 Å². The summed E-state index contributed by atoms with van der Waals surface area (Å²) in [4.78, 5) is 24.6. The molecule has 0 saturated carbocycles. The summed E-state index contributed by atoms with van der Waals surface area (Å²) in [5.74, 6) is -4.29. The second-order valence-corrected chi connectivity index (χ2v) is 5.77. The van der Waals surface area contributed by atoms with Gasteiger partial charge in [-0.25, -0.2) is 0 Å². The molecule has 0 aromatic heterocycles. The molecule has 1 amide bonds. The molecule has 1 heterocycles. The maximum atomic E-state index is 13.3. The van der Waals surface area contributed by atoms with Crippen LogP contribution in [0.1, 0.15) is 31.2 Å². The van der Waals surface area contributed by atoms with E-state index in [0.29, 0.717) is 0 Å². The molecular weight excluding hydrogens is 311 g/mol. The van der Waals surface area contributed by atoms with Crippen LogP contribution in [0.4, 0.5) is 13.2 Å². The fourth-order valence-electron chi connectivity index (χ4n) is 3.02. The average molecular weight is 329 g/mol. The Balaban J connectivity index is 2.15. The molecular formula is C16H18F3NO3. The normalized spacial score (nSPS) is 22.9. The topological polar surface area (TPSA) is 57.6 Å². The zero-order chi connectivity index (χ0) is 17.2. The monoisotopic (exact) mass is 329 g/mol. The minimum Gasteiger partial charge on any atom is -0.481 e. The van der Waals surface area contributed by atoms with Crippen molar-refractivity contribution in [2.75, 3.05) is 6.54 Å². The fourth-order valence-corrected chi connectivity index (χ4v) is 3.02. The van der Waals surface area contributed by atoms with Crippen LogP contribution in [0.3, 0.4) is 0 Å². The van der Waals surface area contributed by atoms with Crippen LogP contribution in [0.25, 0.3) is 0 Å². The molecule has 1 aromatic rings. The van der Waals surface area contributed by atoms with E-state index in [0.717, 1.165) is 0 Å². The highest BCUT2D eigenvalue weighted by atomic mass is 19.4.